The van der Waals surface area contributed by atoms with Crippen LogP contribution < -0.4 is 14.4 Å². The van der Waals surface area contributed by atoms with Gasteiger partial charge in [-0.25, -0.2) is 8.42 Å². The number of sulfonamides is 1. The largest absolute Gasteiger partial charge is 0.495 e. The number of nitrogens with one attached hydrogen (secondary N) is 1. The average Bonchev–Trinajstić information content (AvgIpc) is 2.82. The number of amides is 2. The average molecular weight is 559 g/mol. The predicted molar refractivity (Wildman–Crippen MR) is 144 cm³/mol. The number of carbonyl (C=O) groups excluding carboxylic acids is 2. The fraction of sp³-hybridized carbons (Fsp3) is 0.440. The van der Waals surface area contributed by atoms with Crippen LogP contribution in [0.4, 0.5) is 5.69 Å². The van der Waals surface area contributed by atoms with Crippen molar-refractivity contribution in [3.63, 3.8) is 0 Å². The van der Waals surface area contributed by atoms with Crippen LogP contribution in [0.25, 0.3) is 0 Å². The van der Waals surface area contributed by atoms with Crippen LogP contribution >= 0.6 is 23.2 Å². The first-order valence-electron chi connectivity index (χ1n) is 11.6. The van der Waals surface area contributed by atoms with Crippen LogP contribution in [-0.4, -0.2) is 57.1 Å². The highest BCUT2D eigenvalue weighted by Crippen LogP contribution is 2.30. The van der Waals surface area contributed by atoms with Gasteiger partial charge < -0.3 is 15.0 Å². The predicted octanol–water partition coefficient (Wildman–Crippen LogP) is 4.49. The molecule has 11 heteroatoms. The quantitative estimate of drug-likeness (QED) is 0.414. The minimum absolute atomic E-state index is 0.0759. The van der Waals surface area contributed by atoms with E-state index in [1.807, 2.05) is 13.8 Å². The summed E-state index contributed by atoms with van der Waals surface area (Å²) in [6, 6.07) is 10.5. The molecule has 0 saturated heterocycles. The second-order valence-electron chi connectivity index (χ2n) is 8.48. The fourth-order valence-corrected chi connectivity index (χ4v) is 4.79. The minimum atomic E-state index is -3.87. The zero-order valence-electron chi connectivity index (χ0n) is 21.1. The summed E-state index contributed by atoms with van der Waals surface area (Å²) in [5, 5.41) is 3.67. The molecule has 2 aromatic carbocycles. The summed E-state index contributed by atoms with van der Waals surface area (Å²) in [6.45, 7) is 5.23. The lowest BCUT2D eigenvalue weighted by atomic mass is 10.1. The van der Waals surface area contributed by atoms with Crippen LogP contribution in [-0.2, 0) is 26.2 Å². The van der Waals surface area contributed by atoms with E-state index in [2.05, 4.69) is 5.32 Å². The van der Waals surface area contributed by atoms with E-state index in [4.69, 9.17) is 27.9 Å². The van der Waals surface area contributed by atoms with Crippen LogP contribution in [0.2, 0.25) is 10.0 Å². The van der Waals surface area contributed by atoms with Gasteiger partial charge in [-0.3, -0.25) is 13.9 Å². The minimum Gasteiger partial charge on any atom is -0.495 e. The molecule has 0 aliphatic carbocycles. The van der Waals surface area contributed by atoms with Crippen LogP contribution in [0.1, 0.15) is 39.2 Å². The van der Waals surface area contributed by atoms with Gasteiger partial charge in [-0.05, 0) is 55.7 Å². The van der Waals surface area contributed by atoms with Crippen molar-refractivity contribution in [3.8, 4) is 5.75 Å². The monoisotopic (exact) mass is 557 g/mol. The van der Waals surface area contributed by atoms with Crippen molar-refractivity contribution < 1.29 is 22.7 Å². The van der Waals surface area contributed by atoms with E-state index >= 15 is 0 Å². The molecule has 0 aliphatic rings. The standard InChI is InChI=1S/C25H33Cl2N3O5S/c1-6-17(3)28-25(32)22(7-2)29(15-18-8-10-19(26)11-9-18)24(31)16-30(36(5,33)34)20-12-13-23(35-4)21(27)14-20/h8-14,17,22H,6-7,15-16H2,1-5H3,(H,28,32). The molecule has 36 heavy (non-hydrogen) atoms. The molecule has 0 bridgehead atoms. The van der Waals surface area contributed by atoms with Crippen molar-refractivity contribution in [3.05, 3.63) is 58.1 Å². The van der Waals surface area contributed by atoms with Crippen LogP contribution in [0, 0.1) is 0 Å². The number of nitrogens with zero attached hydrogens (tertiary/aromatic N) is 2. The number of methoxy groups -OCH3 is 1. The van der Waals surface area contributed by atoms with Crippen molar-refractivity contribution in [2.24, 2.45) is 0 Å². The zero-order valence-corrected chi connectivity index (χ0v) is 23.5. The summed E-state index contributed by atoms with van der Waals surface area (Å²) in [5.74, 6) is -0.460. The summed E-state index contributed by atoms with van der Waals surface area (Å²) in [6.07, 6.45) is 2.08. The molecule has 2 aromatic rings. The topological polar surface area (TPSA) is 96.0 Å². The van der Waals surface area contributed by atoms with Crippen molar-refractivity contribution in [1.29, 1.82) is 0 Å². The second-order valence-corrected chi connectivity index (χ2v) is 11.2. The number of benzene rings is 2. The Morgan fingerprint density at radius 2 is 1.69 bits per heavy atom. The lowest BCUT2D eigenvalue weighted by molar-refractivity contribution is -0.140. The summed E-state index contributed by atoms with van der Waals surface area (Å²) >= 11 is 12.2. The van der Waals surface area contributed by atoms with Crippen molar-refractivity contribution >= 4 is 50.7 Å². The molecular weight excluding hydrogens is 525 g/mol. The van der Waals surface area contributed by atoms with Gasteiger partial charge in [0.05, 0.1) is 24.1 Å². The van der Waals surface area contributed by atoms with E-state index in [1.165, 1.54) is 30.2 Å². The van der Waals surface area contributed by atoms with Crippen molar-refractivity contribution in [2.75, 3.05) is 24.2 Å². The normalized spacial score (nSPS) is 13.0. The molecule has 0 spiro atoms. The van der Waals surface area contributed by atoms with E-state index in [0.717, 1.165) is 22.5 Å². The van der Waals surface area contributed by atoms with E-state index in [-0.39, 0.29) is 29.2 Å². The Morgan fingerprint density at radius 1 is 1.06 bits per heavy atom. The zero-order chi connectivity index (χ0) is 27.0. The number of carbonyl (C=O) groups is 2. The molecule has 0 saturated carbocycles. The lowest BCUT2D eigenvalue weighted by Crippen LogP contribution is -2.53. The molecule has 2 atom stereocenters. The molecule has 0 radical (unpaired) electrons. The molecule has 2 rings (SSSR count). The maximum absolute atomic E-state index is 13.7. The third-order valence-corrected chi connectivity index (χ3v) is 7.44. The Balaban J connectivity index is 2.45. The first kappa shape index (κ1) is 29.7. The van der Waals surface area contributed by atoms with Crippen LogP contribution in [0.15, 0.2) is 42.5 Å². The fourth-order valence-electron chi connectivity index (χ4n) is 3.57. The van der Waals surface area contributed by atoms with Crippen LogP contribution in [0.3, 0.4) is 0 Å². The molecule has 1 N–H and O–H groups in total. The van der Waals surface area contributed by atoms with Gasteiger partial charge in [-0.2, -0.15) is 0 Å². The van der Waals surface area contributed by atoms with Crippen molar-refractivity contribution in [2.45, 2.75) is 52.2 Å². The van der Waals surface area contributed by atoms with Gasteiger partial charge >= 0.3 is 0 Å². The molecule has 0 aliphatic heterocycles. The summed E-state index contributed by atoms with van der Waals surface area (Å²) in [5.41, 5.74) is 0.959. The molecule has 198 valence electrons. The summed E-state index contributed by atoms with van der Waals surface area (Å²) < 4.78 is 31.5. The molecule has 0 fully saturated rings. The van der Waals surface area contributed by atoms with E-state index in [0.29, 0.717) is 17.2 Å². The molecule has 2 unspecified atom stereocenters. The highest BCUT2D eigenvalue weighted by Gasteiger charge is 2.32. The smallest absolute Gasteiger partial charge is 0.244 e. The van der Waals surface area contributed by atoms with Gasteiger partial charge in [0.25, 0.3) is 0 Å². The van der Waals surface area contributed by atoms with Crippen LogP contribution in [0.5, 0.6) is 5.75 Å². The molecule has 0 heterocycles. The Bertz CT molecular complexity index is 1160. The van der Waals surface area contributed by atoms with Gasteiger partial charge in [0.15, 0.2) is 0 Å². The molecule has 2 amide bonds. The molecule has 8 nitrogen and oxygen atoms in total. The second kappa shape index (κ2) is 13.2. The third-order valence-electron chi connectivity index (χ3n) is 5.76. The highest BCUT2D eigenvalue weighted by molar-refractivity contribution is 7.92. The maximum Gasteiger partial charge on any atom is 0.244 e. The number of hydrogen-bond acceptors (Lipinski definition) is 5. The van der Waals surface area contributed by atoms with Gasteiger partial charge in [0, 0.05) is 17.6 Å². The third kappa shape index (κ3) is 8.01. The van der Waals surface area contributed by atoms with E-state index < -0.39 is 28.5 Å². The summed E-state index contributed by atoms with van der Waals surface area (Å²) in [7, 11) is -2.42. The van der Waals surface area contributed by atoms with Gasteiger partial charge in [-0.15, -0.1) is 0 Å². The summed E-state index contributed by atoms with van der Waals surface area (Å²) in [4.78, 5) is 28.2. The Hall–Kier alpha value is -2.49. The van der Waals surface area contributed by atoms with Crippen molar-refractivity contribution in [1.82, 2.24) is 10.2 Å². The first-order chi connectivity index (χ1) is 16.9. The number of anilines is 1. The molecular formula is C25H33Cl2N3O5S. The SMILES string of the molecule is CCC(C)NC(=O)C(CC)N(Cc1ccc(Cl)cc1)C(=O)CN(c1ccc(OC)c(Cl)c1)S(C)(=O)=O. The van der Waals surface area contributed by atoms with E-state index in [9.17, 15) is 18.0 Å². The van der Waals surface area contributed by atoms with Gasteiger partial charge in [0.2, 0.25) is 21.8 Å². The van der Waals surface area contributed by atoms with E-state index in [1.54, 1.807) is 31.2 Å². The van der Waals surface area contributed by atoms with Gasteiger partial charge in [-0.1, -0.05) is 49.2 Å². The number of halogens is 2. The first-order valence-corrected chi connectivity index (χ1v) is 14.2. The number of rotatable bonds is 12. The Kier molecular flexibility index (Phi) is 10.9. The Labute approximate surface area is 223 Å². The highest BCUT2D eigenvalue weighted by atomic mass is 35.5. The molecule has 0 aromatic heterocycles. The maximum atomic E-state index is 13.7. The number of ether oxygens (including phenoxy) is 1. The van der Waals surface area contributed by atoms with Gasteiger partial charge in [0.1, 0.15) is 18.3 Å². The Morgan fingerprint density at radius 3 is 2.19 bits per heavy atom. The number of hydrogen-bond donors (Lipinski definition) is 1. The lowest BCUT2D eigenvalue weighted by Gasteiger charge is -2.33.